The second-order valence-electron chi connectivity index (χ2n) is 4.70. The Kier molecular flexibility index (Phi) is 5.22. The van der Waals surface area contributed by atoms with Crippen LogP contribution in [-0.4, -0.2) is 12.8 Å². The van der Waals surface area contributed by atoms with E-state index >= 15 is 0 Å². The largest absolute Gasteiger partial charge is 0.473 e. The molecule has 0 aliphatic rings. The molecule has 0 saturated heterocycles. The Morgan fingerprint density at radius 3 is 2.52 bits per heavy atom. The van der Waals surface area contributed by atoms with Crippen LogP contribution in [0.15, 0.2) is 46.9 Å². The molecule has 2 amide bonds. The molecule has 0 unspecified atom stereocenters. The number of carbonyl (C=O) groups excluding carboxylic acids is 1. The van der Waals surface area contributed by atoms with Crippen LogP contribution in [0.1, 0.15) is 11.1 Å². The average molecular weight is 349 g/mol. The monoisotopic (exact) mass is 348 g/mol. The van der Waals surface area contributed by atoms with Gasteiger partial charge in [-0.3, -0.25) is 0 Å². The Morgan fingerprint density at radius 1 is 1.14 bits per heavy atom. The van der Waals surface area contributed by atoms with Crippen LogP contribution in [0, 0.1) is 13.8 Å². The minimum Gasteiger partial charge on any atom is -0.473 e. The number of hydrogen-bond donors (Lipinski definition) is 2. The van der Waals surface area contributed by atoms with Crippen molar-refractivity contribution >= 4 is 27.6 Å². The summed E-state index contributed by atoms with van der Waals surface area (Å²) in [6, 6.07) is 13.0. The maximum Gasteiger partial charge on any atom is 0.321 e. The Morgan fingerprint density at radius 2 is 1.86 bits per heavy atom. The van der Waals surface area contributed by atoms with E-state index in [1.54, 1.807) is 0 Å². The molecular weight excluding hydrogens is 332 g/mol. The molecule has 110 valence electrons. The first-order valence-electron chi connectivity index (χ1n) is 6.55. The van der Waals surface area contributed by atoms with Crippen molar-refractivity contribution in [1.82, 2.24) is 5.32 Å². The van der Waals surface area contributed by atoms with E-state index in [0.717, 1.165) is 21.5 Å². The van der Waals surface area contributed by atoms with Gasteiger partial charge in [-0.1, -0.05) is 33.6 Å². The third-order valence-electron chi connectivity index (χ3n) is 2.89. The molecule has 0 aliphatic carbocycles. The zero-order chi connectivity index (χ0) is 15.2. The van der Waals surface area contributed by atoms with Gasteiger partial charge in [-0.05, 0) is 49.7 Å². The summed E-state index contributed by atoms with van der Waals surface area (Å²) in [4.78, 5) is 11.7. The van der Waals surface area contributed by atoms with E-state index in [0.29, 0.717) is 0 Å². The van der Waals surface area contributed by atoms with E-state index < -0.39 is 0 Å². The summed E-state index contributed by atoms with van der Waals surface area (Å²) >= 11 is 3.34. The molecule has 0 fully saturated rings. The van der Waals surface area contributed by atoms with Gasteiger partial charge in [-0.2, -0.15) is 0 Å². The third-order valence-corrected chi connectivity index (χ3v) is 3.42. The third kappa shape index (κ3) is 4.79. The van der Waals surface area contributed by atoms with Crippen LogP contribution in [0.4, 0.5) is 10.5 Å². The van der Waals surface area contributed by atoms with Gasteiger partial charge in [0.05, 0.1) is 0 Å². The van der Waals surface area contributed by atoms with Crippen molar-refractivity contribution in [3.8, 4) is 5.75 Å². The second kappa shape index (κ2) is 7.13. The minimum absolute atomic E-state index is 0.117. The molecule has 2 aromatic rings. The van der Waals surface area contributed by atoms with Crippen LogP contribution in [-0.2, 0) is 0 Å². The van der Waals surface area contributed by atoms with Gasteiger partial charge in [-0.25, -0.2) is 4.79 Å². The lowest BCUT2D eigenvalue weighted by atomic mass is 10.1. The van der Waals surface area contributed by atoms with E-state index in [2.05, 4.69) is 26.6 Å². The van der Waals surface area contributed by atoms with Crippen LogP contribution >= 0.6 is 15.9 Å². The molecule has 2 N–H and O–H groups in total. The Hall–Kier alpha value is -2.01. The fourth-order valence-electron chi connectivity index (χ4n) is 1.85. The van der Waals surface area contributed by atoms with Gasteiger partial charge in [0.15, 0.2) is 6.73 Å². The van der Waals surface area contributed by atoms with Gasteiger partial charge >= 0.3 is 6.03 Å². The first-order valence-corrected chi connectivity index (χ1v) is 7.34. The lowest BCUT2D eigenvalue weighted by Gasteiger charge is -2.11. The van der Waals surface area contributed by atoms with Gasteiger partial charge in [0.2, 0.25) is 0 Å². The number of ether oxygens (including phenoxy) is 1. The van der Waals surface area contributed by atoms with Gasteiger partial charge < -0.3 is 15.4 Å². The summed E-state index contributed by atoms with van der Waals surface area (Å²) in [6.45, 7) is 4.12. The summed E-state index contributed by atoms with van der Waals surface area (Å²) in [5.41, 5.74) is 2.95. The lowest BCUT2D eigenvalue weighted by Crippen LogP contribution is -2.32. The normalized spacial score (nSPS) is 10.0. The van der Waals surface area contributed by atoms with Crippen LogP contribution in [0.25, 0.3) is 0 Å². The summed E-state index contributed by atoms with van der Waals surface area (Å²) in [6.07, 6.45) is 0. The van der Waals surface area contributed by atoms with Crippen molar-refractivity contribution in [2.45, 2.75) is 13.8 Å². The topological polar surface area (TPSA) is 50.4 Å². The number of aryl methyl sites for hydroxylation is 2. The van der Waals surface area contributed by atoms with Crippen molar-refractivity contribution in [1.29, 1.82) is 0 Å². The van der Waals surface area contributed by atoms with Crippen molar-refractivity contribution in [3.05, 3.63) is 58.1 Å². The molecule has 0 aliphatic heterocycles. The van der Waals surface area contributed by atoms with Crippen molar-refractivity contribution in [2.75, 3.05) is 12.0 Å². The molecule has 2 aromatic carbocycles. The highest BCUT2D eigenvalue weighted by atomic mass is 79.9. The Bertz CT molecular complexity index is 627. The predicted molar refractivity (Wildman–Crippen MR) is 87.7 cm³/mol. The molecule has 5 heteroatoms. The minimum atomic E-state index is -0.304. The van der Waals surface area contributed by atoms with E-state index in [1.807, 2.05) is 56.3 Å². The molecule has 0 bridgehead atoms. The Balaban J connectivity index is 1.80. The number of carbonyl (C=O) groups is 1. The van der Waals surface area contributed by atoms with Crippen molar-refractivity contribution in [3.63, 3.8) is 0 Å². The van der Waals surface area contributed by atoms with Gasteiger partial charge in [-0.15, -0.1) is 0 Å². The van der Waals surface area contributed by atoms with E-state index in [1.165, 1.54) is 5.56 Å². The second-order valence-corrected chi connectivity index (χ2v) is 5.61. The molecule has 0 saturated carbocycles. The maximum absolute atomic E-state index is 11.7. The van der Waals surface area contributed by atoms with Crippen LogP contribution in [0.3, 0.4) is 0 Å². The quantitative estimate of drug-likeness (QED) is 0.812. The fourth-order valence-corrected chi connectivity index (χ4v) is 2.11. The molecule has 21 heavy (non-hydrogen) atoms. The Labute approximate surface area is 132 Å². The smallest absolute Gasteiger partial charge is 0.321 e. The molecule has 0 radical (unpaired) electrons. The summed E-state index contributed by atoms with van der Waals surface area (Å²) < 4.78 is 6.50. The predicted octanol–water partition coefficient (Wildman–Crippen LogP) is 4.22. The number of urea groups is 1. The number of nitrogens with one attached hydrogen (secondary N) is 2. The van der Waals surface area contributed by atoms with Crippen LogP contribution < -0.4 is 15.4 Å². The molecule has 4 nitrogen and oxygen atoms in total. The van der Waals surface area contributed by atoms with Gasteiger partial charge in [0, 0.05) is 10.2 Å². The van der Waals surface area contributed by atoms with Crippen molar-refractivity contribution in [2.24, 2.45) is 0 Å². The van der Waals surface area contributed by atoms with Crippen LogP contribution in [0.5, 0.6) is 5.75 Å². The van der Waals surface area contributed by atoms with Crippen molar-refractivity contribution < 1.29 is 9.53 Å². The number of amides is 2. The van der Waals surface area contributed by atoms with Crippen LogP contribution in [0.2, 0.25) is 0 Å². The maximum atomic E-state index is 11.7. The zero-order valence-corrected chi connectivity index (χ0v) is 13.5. The van der Waals surface area contributed by atoms with E-state index in [4.69, 9.17) is 4.74 Å². The lowest BCUT2D eigenvalue weighted by molar-refractivity contribution is 0.234. The SMILES string of the molecule is Cc1ccc(OCNC(=O)Nc2ccc(Br)cc2)c(C)c1. The standard InChI is InChI=1S/C16H17BrN2O2/c1-11-3-8-15(12(2)9-11)21-10-18-16(20)19-14-6-4-13(17)5-7-14/h3-9H,10H2,1-2H3,(H2,18,19,20). The number of rotatable bonds is 4. The van der Waals surface area contributed by atoms with Gasteiger partial charge in [0.25, 0.3) is 0 Å². The number of anilines is 1. The molecular formula is C16H17BrN2O2. The molecule has 2 rings (SSSR count). The van der Waals surface area contributed by atoms with E-state index in [-0.39, 0.29) is 12.8 Å². The number of benzene rings is 2. The highest BCUT2D eigenvalue weighted by Gasteiger charge is 2.03. The first-order chi connectivity index (χ1) is 10.0. The number of halogens is 1. The summed E-state index contributed by atoms with van der Waals surface area (Å²) in [7, 11) is 0. The fraction of sp³-hybridized carbons (Fsp3) is 0.188. The van der Waals surface area contributed by atoms with E-state index in [9.17, 15) is 4.79 Å². The molecule has 0 heterocycles. The first kappa shape index (κ1) is 15.4. The summed E-state index contributed by atoms with van der Waals surface area (Å²) in [5, 5.41) is 5.38. The van der Waals surface area contributed by atoms with Gasteiger partial charge in [0.1, 0.15) is 5.75 Å². The summed E-state index contributed by atoms with van der Waals surface area (Å²) in [5.74, 6) is 0.768. The highest BCUT2D eigenvalue weighted by molar-refractivity contribution is 9.10. The zero-order valence-electron chi connectivity index (χ0n) is 11.9. The molecule has 0 spiro atoms. The molecule has 0 aromatic heterocycles. The highest BCUT2D eigenvalue weighted by Crippen LogP contribution is 2.18. The molecule has 0 atom stereocenters. The number of hydrogen-bond acceptors (Lipinski definition) is 2. The average Bonchev–Trinajstić information content (AvgIpc) is 2.44.